The number of nitrogens with one attached hydrogen (secondary N) is 1. The Balaban J connectivity index is 1.85. The Morgan fingerprint density at radius 2 is 1.94 bits per heavy atom. The fourth-order valence-corrected chi connectivity index (χ4v) is 1.51. The third-order valence-corrected chi connectivity index (χ3v) is 2.31. The van der Waals surface area contributed by atoms with Gasteiger partial charge in [-0.05, 0) is 36.2 Å². The molecule has 0 aliphatic carbocycles. The van der Waals surface area contributed by atoms with Crippen LogP contribution in [0.25, 0.3) is 0 Å². The first-order valence-corrected chi connectivity index (χ1v) is 5.23. The van der Waals surface area contributed by atoms with Crippen molar-refractivity contribution in [3.05, 3.63) is 60.2 Å². The van der Waals surface area contributed by atoms with Crippen LogP contribution in [-0.2, 0) is 6.42 Å². The molecule has 0 aliphatic heterocycles. The number of hydrogen-bond acceptors (Lipinski definition) is 2. The molecule has 0 atom stereocenters. The standard InChI is InChI=1S/C13H13FN2/c14-12-3-1-2-11(10-12)4-9-16-13-5-7-15-8-6-13/h1-3,5-8,10H,4,9H2,(H,15,16). The molecule has 0 saturated heterocycles. The van der Waals surface area contributed by atoms with Crippen molar-refractivity contribution in [2.75, 3.05) is 11.9 Å². The van der Waals surface area contributed by atoms with Gasteiger partial charge in [-0.25, -0.2) is 4.39 Å². The summed E-state index contributed by atoms with van der Waals surface area (Å²) in [5.41, 5.74) is 2.04. The highest BCUT2D eigenvalue weighted by atomic mass is 19.1. The molecule has 0 bridgehead atoms. The van der Waals surface area contributed by atoms with Gasteiger partial charge in [0.05, 0.1) is 0 Å². The van der Waals surface area contributed by atoms with Gasteiger partial charge in [0, 0.05) is 24.6 Å². The molecule has 0 aliphatic rings. The summed E-state index contributed by atoms with van der Waals surface area (Å²) in [4.78, 5) is 3.93. The third-order valence-electron chi connectivity index (χ3n) is 2.31. The van der Waals surface area contributed by atoms with Crippen LogP contribution in [0, 0.1) is 5.82 Å². The van der Waals surface area contributed by atoms with Gasteiger partial charge in [0.15, 0.2) is 0 Å². The number of anilines is 1. The van der Waals surface area contributed by atoms with Crippen LogP contribution in [0.1, 0.15) is 5.56 Å². The number of halogens is 1. The van der Waals surface area contributed by atoms with E-state index >= 15 is 0 Å². The van der Waals surface area contributed by atoms with E-state index in [0.717, 1.165) is 24.2 Å². The van der Waals surface area contributed by atoms with Gasteiger partial charge in [-0.15, -0.1) is 0 Å². The lowest BCUT2D eigenvalue weighted by atomic mass is 10.1. The molecule has 0 unspecified atom stereocenters. The Labute approximate surface area is 94.2 Å². The molecule has 0 amide bonds. The van der Waals surface area contributed by atoms with Crippen molar-refractivity contribution in [2.24, 2.45) is 0 Å². The average Bonchev–Trinajstić information content (AvgIpc) is 2.30. The first kappa shape index (κ1) is 10.6. The zero-order valence-electron chi connectivity index (χ0n) is 8.86. The molecule has 2 nitrogen and oxygen atoms in total. The van der Waals surface area contributed by atoms with Crippen LogP contribution in [0.3, 0.4) is 0 Å². The number of pyridine rings is 1. The van der Waals surface area contributed by atoms with Crippen molar-refractivity contribution in [1.29, 1.82) is 0 Å². The van der Waals surface area contributed by atoms with Gasteiger partial charge in [-0.3, -0.25) is 4.98 Å². The third kappa shape index (κ3) is 3.05. The van der Waals surface area contributed by atoms with Crippen LogP contribution in [-0.4, -0.2) is 11.5 Å². The monoisotopic (exact) mass is 216 g/mol. The Kier molecular flexibility index (Phi) is 3.49. The molecule has 0 radical (unpaired) electrons. The van der Waals surface area contributed by atoms with Gasteiger partial charge in [0.1, 0.15) is 5.82 Å². The number of rotatable bonds is 4. The van der Waals surface area contributed by atoms with Crippen molar-refractivity contribution >= 4 is 5.69 Å². The summed E-state index contributed by atoms with van der Waals surface area (Å²) >= 11 is 0. The fourth-order valence-electron chi connectivity index (χ4n) is 1.51. The van der Waals surface area contributed by atoms with E-state index in [9.17, 15) is 4.39 Å². The minimum absolute atomic E-state index is 0.179. The minimum Gasteiger partial charge on any atom is -0.385 e. The van der Waals surface area contributed by atoms with Gasteiger partial charge in [0.2, 0.25) is 0 Å². The van der Waals surface area contributed by atoms with Crippen LogP contribution >= 0.6 is 0 Å². The van der Waals surface area contributed by atoms with Gasteiger partial charge in [-0.2, -0.15) is 0 Å². The van der Waals surface area contributed by atoms with E-state index in [1.807, 2.05) is 18.2 Å². The predicted octanol–water partition coefficient (Wildman–Crippen LogP) is 2.88. The summed E-state index contributed by atoms with van der Waals surface area (Å²) in [5.74, 6) is -0.179. The van der Waals surface area contributed by atoms with E-state index in [1.54, 1.807) is 24.5 Å². The quantitative estimate of drug-likeness (QED) is 0.850. The molecule has 1 heterocycles. The number of aromatic nitrogens is 1. The summed E-state index contributed by atoms with van der Waals surface area (Å²) in [6.45, 7) is 0.785. The first-order chi connectivity index (χ1) is 7.84. The van der Waals surface area contributed by atoms with E-state index in [0.29, 0.717) is 0 Å². The van der Waals surface area contributed by atoms with Gasteiger partial charge >= 0.3 is 0 Å². The summed E-state index contributed by atoms with van der Waals surface area (Å²) in [6, 6.07) is 10.5. The van der Waals surface area contributed by atoms with Crippen molar-refractivity contribution in [3.63, 3.8) is 0 Å². The molecule has 1 aromatic heterocycles. The summed E-state index contributed by atoms with van der Waals surface area (Å²) in [7, 11) is 0. The minimum atomic E-state index is -0.179. The van der Waals surface area contributed by atoms with Crippen molar-refractivity contribution in [2.45, 2.75) is 6.42 Å². The zero-order chi connectivity index (χ0) is 11.2. The average molecular weight is 216 g/mol. The number of nitrogens with zero attached hydrogens (tertiary/aromatic N) is 1. The Morgan fingerprint density at radius 1 is 1.12 bits per heavy atom. The van der Waals surface area contributed by atoms with Crippen molar-refractivity contribution in [3.8, 4) is 0 Å². The summed E-state index contributed by atoms with van der Waals surface area (Å²) < 4.78 is 12.9. The highest BCUT2D eigenvalue weighted by Gasteiger charge is 1.95. The zero-order valence-corrected chi connectivity index (χ0v) is 8.86. The molecule has 2 rings (SSSR count). The SMILES string of the molecule is Fc1cccc(CCNc2ccncc2)c1. The number of benzene rings is 1. The van der Waals surface area contributed by atoms with E-state index in [2.05, 4.69) is 10.3 Å². The van der Waals surface area contributed by atoms with E-state index in [-0.39, 0.29) is 5.82 Å². The largest absolute Gasteiger partial charge is 0.385 e. The van der Waals surface area contributed by atoms with Crippen LogP contribution < -0.4 is 5.32 Å². The molecule has 0 spiro atoms. The maximum Gasteiger partial charge on any atom is 0.123 e. The maximum atomic E-state index is 12.9. The van der Waals surface area contributed by atoms with Crippen molar-refractivity contribution in [1.82, 2.24) is 4.98 Å². The maximum absolute atomic E-state index is 12.9. The Bertz CT molecular complexity index is 443. The Hall–Kier alpha value is -1.90. The molecule has 0 fully saturated rings. The lowest BCUT2D eigenvalue weighted by Crippen LogP contribution is -2.04. The summed E-state index contributed by atoms with van der Waals surface area (Å²) in [6.07, 6.45) is 4.29. The molecule has 1 aromatic carbocycles. The van der Waals surface area contributed by atoms with Gasteiger partial charge in [0.25, 0.3) is 0 Å². The number of hydrogen-bond donors (Lipinski definition) is 1. The molecule has 16 heavy (non-hydrogen) atoms. The highest BCUT2D eigenvalue weighted by molar-refractivity contribution is 5.40. The fraction of sp³-hybridized carbons (Fsp3) is 0.154. The second kappa shape index (κ2) is 5.26. The van der Waals surface area contributed by atoms with E-state index < -0.39 is 0 Å². The second-order valence-corrected chi connectivity index (χ2v) is 3.54. The van der Waals surface area contributed by atoms with Crippen LogP contribution in [0.2, 0.25) is 0 Å². The van der Waals surface area contributed by atoms with Crippen LogP contribution in [0.5, 0.6) is 0 Å². The van der Waals surface area contributed by atoms with Gasteiger partial charge < -0.3 is 5.32 Å². The molecule has 2 aromatic rings. The first-order valence-electron chi connectivity index (χ1n) is 5.23. The molecule has 82 valence electrons. The highest BCUT2D eigenvalue weighted by Crippen LogP contribution is 2.06. The molecule has 3 heteroatoms. The van der Waals surface area contributed by atoms with Crippen molar-refractivity contribution < 1.29 is 4.39 Å². The molecule has 0 saturated carbocycles. The lowest BCUT2D eigenvalue weighted by Gasteiger charge is -2.05. The summed E-state index contributed by atoms with van der Waals surface area (Å²) in [5, 5.41) is 3.25. The molecular formula is C13H13FN2. The smallest absolute Gasteiger partial charge is 0.123 e. The van der Waals surface area contributed by atoms with Gasteiger partial charge in [-0.1, -0.05) is 12.1 Å². The topological polar surface area (TPSA) is 24.9 Å². The van der Waals surface area contributed by atoms with Crippen LogP contribution in [0.15, 0.2) is 48.8 Å². The Morgan fingerprint density at radius 3 is 2.69 bits per heavy atom. The van der Waals surface area contributed by atoms with E-state index in [1.165, 1.54) is 6.07 Å². The molecular weight excluding hydrogens is 203 g/mol. The lowest BCUT2D eigenvalue weighted by molar-refractivity contribution is 0.625. The predicted molar refractivity (Wildman–Crippen MR) is 62.8 cm³/mol. The van der Waals surface area contributed by atoms with E-state index in [4.69, 9.17) is 0 Å². The van der Waals surface area contributed by atoms with Crippen LogP contribution in [0.4, 0.5) is 10.1 Å². The molecule has 1 N–H and O–H groups in total. The normalized spacial score (nSPS) is 10.1. The second-order valence-electron chi connectivity index (χ2n) is 3.54.